The first-order valence-electron chi connectivity index (χ1n) is 12.1. The van der Waals surface area contributed by atoms with E-state index >= 15 is 0 Å². The van der Waals surface area contributed by atoms with E-state index in [9.17, 15) is 14.4 Å². The molecule has 5 atom stereocenters. The van der Waals surface area contributed by atoms with Crippen LogP contribution in [-0.4, -0.2) is 65.2 Å². The molecule has 3 N–H and O–H groups in total. The SMILES string of the molecule is CNC(=O)[C@@H]1[C@H]2C(=O)N(CCCCCCO)C(C(=O)Nc3c(C)cccc3Cl)C23CC[C@@]1(C)O3. The highest BCUT2D eigenvalue weighted by Gasteiger charge is 2.77. The molecule has 0 aliphatic carbocycles. The van der Waals surface area contributed by atoms with Gasteiger partial charge in [0.05, 0.1) is 28.1 Å². The highest BCUT2D eigenvalue weighted by molar-refractivity contribution is 6.34. The second kappa shape index (κ2) is 9.47. The number of hydrogen-bond acceptors (Lipinski definition) is 5. The first-order valence-corrected chi connectivity index (χ1v) is 12.5. The summed E-state index contributed by atoms with van der Waals surface area (Å²) in [4.78, 5) is 42.1. The topological polar surface area (TPSA) is 108 Å². The Bertz CT molecular complexity index is 967. The van der Waals surface area contributed by atoms with Crippen molar-refractivity contribution >= 4 is 35.0 Å². The number of nitrogens with zero attached hydrogens (tertiary/aromatic N) is 1. The minimum absolute atomic E-state index is 0.135. The first-order chi connectivity index (χ1) is 16.2. The highest BCUT2D eigenvalue weighted by Crippen LogP contribution is 2.63. The maximum Gasteiger partial charge on any atom is 0.250 e. The summed E-state index contributed by atoms with van der Waals surface area (Å²) >= 11 is 6.37. The fraction of sp³-hybridized carbons (Fsp3) is 0.640. The van der Waals surface area contributed by atoms with E-state index in [0.717, 1.165) is 18.4 Å². The quantitative estimate of drug-likeness (QED) is 0.460. The van der Waals surface area contributed by atoms with Gasteiger partial charge in [-0.3, -0.25) is 14.4 Å². The maximum atomic E-state index is 13.8. The number of aryl methyl sites for hydroxylation is 1. The van der Waals surface area contributed by atoms with Crippen molar-refractivity contribution in [3.05, 3.63) is 28.8 Å². The molecule has 186 valence electrons. The Labute approximate surface area is 205 Å². The predicted octanol–water partition coefficient (Wildman–Crippen LogP) is 2.65. The van der Waals surface area contributed by atoms with Gasteiger partial charge in [-0.1, -0.05) is 36.6 Å². The third-order valence-electron chi connectivity index (χ3n) is 7.83. The van der Waals surface area contributed by atoms with Gasteiger partial charge in [-0.2, -0.15) is 0 Å². The van der Waals surface area contributed by atoms with Crippen LogP contribution < -0.4 is 10.6 Å². The number of amides is 3. The number of ether oxygens (including phenoxy) is 1. The molecule has 3 saturated heterocycles. The molecular formula is C25H34ClN3O5. The smallest absolute Gasteiger partial charge is 0.250 e. The lowest BCUT2D eigenvalue weighted by molar-refractivity contribution is -0.144. The first kappa shape index (κ1) is 24.9. The molecule has 34 heavy (non-hydrogen) atoms. The number of carbonyl (C=O) groups is 3. The van der Waals surface area contributed by atoms with Crippen molar-refractivity contribution in [1.29, 1.82) is 0 Å². The molecule has 1 aromatic rings. The summed E-state index contributed by atoms with van der Waals surface area (Å²) in [5.74, 6) is -2.12. The summed E-state index contributed by atoms with van der Waals surface area (Å²) in [5, 5.41) is 15.1. The molecule has 4 rings (SSSR count). The van der Waals surface area contributed by atoms with Crippen molar-refractivity contribution in [2.75, 3.05) is 25.5 Å². The van der Waals surface area contributed by atoms with Crippen LogP contribution in [0.2, 0.25) is 5.02 Å². The van der Waals surface area contributed by atoms with Crippen molar-refractivity contribution in [2.45, 2.75) is 69.6 Å². The normalized spacial score (nSPS) is 31.6. The molecule has 3 amide bonds. The number of fused-ring (bicyclic) bond motifs is 1. The largest absolute Gasteiger partial charge is 0.396 e. The van der Waals surface area contributed by atoms with Crippen LogP contribution in [0.3, 0.4) is 0 Å². The lowest BCUT2D eigenvalue weighted by atomic mass is 9.66. The molecule has 1 spiro atoms. The number of likely N-dealkylation sites (tertiary alicyclic amines) is 1. The van der Waals surface area contributed by atoms with Crippen LogP contribution in [0.5, 0.6) is 0 Å². The fourth-order valence-corrected chi connectivity index (χ4v) is 6.52. The number of nitrogens with one attached hydrogen (secondary N) is 2. The minimum atomic E-state index is -1.05. The van der Waals surface area contributed by atoms with Crippen LogP contribution in [0.4, 0.5) is 5.69 Å². The van der Waals surface area contributed by atoms with E-state index in [1.165, 1.54) is 0 Å². The molecule has 0 aromatic heterocycles. The number of carbonyl (C=O) groups excluding carboxylic acids is 3. The number of aliphatic hydroxyl groups excluding tert-OH is 1. The van der Waals surface area contributed by atoms with Gasteiger partial charge in [0.15, 0.2) is 0 Å². The Kier molecular flexibility index (Phi) is 6.95. The summed E-state index contributed by atoms with van der Waals surface area (Å²) in [6.07, 6.45) is 4.22. The van der Waals surface area contributed by atoms with Crippen LogP contribution in [0, 0.1) is 18.8 Å². The molecule has 3 aliphatic heterocycles. The number of aliphatic hydroxyl groups is 1. The second-order valence-corrected chi connectivity index (χ2v) is 10.3. The van der Waals surface area contributed by atoms with Gasteiger partial charge >= 0.3 is 0 Å². The predicted molar refractivity (Wildman–Crippen MR) is 128 cm³/mol. The Morgan fingerprint density at radius 3 is 2.62 bits per heavy atom. The Balaban J connectivity index is 1.68. The molecule has 1 aromatic carbocycles. The standard InChI is InChI=1S/C25H34ClN3O5/c1-15-9-8-10-16(26)19(15)28-22(32)20-25-12-11-24(2,34-25)17(21(31)27-3)18(25)23(33)29(20)13-6-4-5-7-14-30/h8-10,17-18,20,30H,4-7,11-14H2,1-3H3,(H,27,31)(H,28,32)/t17-,18-,20?,24+,25?/m0/s1. The summed E-state index contributed by atoms with van der Waals surface area (Å²) in [5.41, 5.74) is -0.493. The number of anilines is 1. The highest BCUT2D eigenvalue weighted by atomic mass is 35.5. The number of benzene rings is 1. The molecule has 2 unspecified atom stereocenters. The van der Waals surface area contributed by atoms with Gasteiger partial charge in [-0.15, -0.1) is 0 Å². The number of unbranched alkanes of at least 4 members (excludes halogenated alkanes) is 3. The Hall–Kier alpha value is -2.16. The van der Waals surface area contributed by atoms with Gasteiger partial charge in [-0.05, 0) is 51.2 Å². The van der Waals surface area contributed by atoms with Gasteiger partial charge < -0.3 is 25.4 Å². The summed E-state index contributed by atoms with van der Waals surface area (Å²) in [6, 6.07) is 4.54. The third kappa shape index (κ3) is 3.89. The molecule has 3 fully saturated rings. The van der Waals surface area contributed by atoms with Crippen molar-refractivity contribution < 1.29 is 24.2 Å². The zero-order valence-electron chi connectivity index (χ0n) is 20.0. The number of para-hydroxylation sites is 1. The fourth-order valence-electron chi connectivity index (χ4n) is 6.25. The van der Waals surface area contributed by atoms with E-state index in [2.05, 4.69) is 10.6 Å². The van der Waals surface area contributed by atoms with Gasteiger partial charge in [0.25, 0.3) is 0 Å². The average Bonchev–Trinajstić information content (AvgIpc) is 3.36. The van der Waals surface area contributed by atoms with Crippen molar-refractivity contribution in [3.63, 3.8) is 0 Å². The molecule has 0 saturated carbocycles. The zero-order valence-corrected chi connectivity index (χ0v) is 20.8. The summed E-state index contributed by atoms with van der Waals surface area (Å²) < 4.78 is 6.53. The summed E-state index contributed by atoms with van der Waals surface area (Å²) in [6.45, 7) is 4.26. The number of hydrogen-bond donors (Lipinski definition) is 3. The molecule has 3 heterocycles. The maximum absolute atomic E-state index is 13.8. The monoisotopic (exact) mass is 491 g/mol. The second-order valence-electron chi connectivity index (χ2n) is 9.93. The van der Waals surface area contributed by atoms with E-state index in [1.807, 2.05) is 26.0 Å². The van der Waals surface area contributed by atoms with Crippen LogP contribution in [0.25, 0.3) is 0 Å². The molecular weight excluding hydrogens is 458 g/mol. The molecule has 3 aliphatic rings. The van der Waals surface area contributed by atoms with E-state index in [-0.39, 0.29) is 24.3 Å². The van der Waals surface area contributed by atoms with E-state index < -0.39 is 29.1 Å². The Morgan fingerprint density at radius 1 is 1.21 bits per heavy atom. The number of rotatable bonds is 9. The van der Waals surface area contributed by atoms with Crippen molar-refractivity contribution in [3.8, 4) is 0 Å². The van der Waals surface area contributed by atoms with Crippen LogP contribution in [-0.2, 0) is 19.1 Å². The lowest BCUT2D eigenvalue weighted by Crippen LogP contribution is -2.53. The van der Waals surface area contributed by atoms with Gasteiger partial charge in [0.1, 0.15) is 11.6 Å². The minimum Gasteiger partial charge on any atom is -0.396 e. The lowest BCUT2D eigenvalue weighted by Gasteiger charge is -2.33. The van der Waals surface area contributed by atoms with Crippen LogP contribution in [0.15, 0.2) is 18.2 Å². The average molecular weight is 492 g/mol. The van der Waals surface area contributed by atoms with E-state index in [0.29, 0.717) is 42.9 Å². The number of halogens is 1. The molecule has 8 nitrogen and oxygen atoms in total. The van der Waals surface area contributed by atoms with Gasteiger partial charge in [-0.25, -0.2) is 0 Å². The van der Waals surface area contributed by atoms with E-state index in [4.69, 9.17) is 21.4 Å². The molecule has 9 heteroatoms. The zero-order chi connectivity index (χ0) is 24.7. The van der Waals surface area contributed by atoms with E-state index in [1.54, 1.807) is 18.0 Å². The third-order valence-corrected chi connectivity index (χ3v) is 8.15. The van der Waals surface area contributed by atoms with Crippen molar-refractivity contribution in [2.24, 2.45) is 11.8 Å². The van der Waals surface area contributed by atoms with Crippen LogP contribution >= 0.6 is 11.6 Å². The molecule has 0 radical (unpaired) electrons. The van der Waals surface area contributed by atoms with Crippen molar-refractivity contribution in [1.82, 2.24) is 10.2 Å². The van der Waals surface area contributed by atoms with Gasteiger partial charge in [0, 0.05) is 20.2 Å². The van der Waals surface area contributed by atoms with Crippen LogP contribution in [0.1, 0.15) is 51.0 Å². The molecule has 2 bridgehead atoms. The Morgan fingerprint density at radius 2 is 1.94 bits per heavy atom. The summed E-state index contributed by atoms with van der Waals surface area (Å²) in [7, 11) is 1.56. The van der Waals surface area contributed by atoms with Gasteiger partial charge in [0.2, 0.25) is 17.7 Å².